The van der Waals surface area contributed by atoms with Crippen molar-refractivity contribution >= 4 is 23.5 Å². The van der Waals surface area contributed by atoms with E-state index in [4.69, 9.17) is 4.74 Å². The molecule has 26 heavy (non-hydrogen) atoms. The lowest BCUT2D eigenvalue weighted by Gasteiger charge is -2.35. The molecule has 7 nitrogen and oxygen atoms in total. The average molecular weight is 362 g/mol. The maximum atomic E-state index is 12.1. The van der Waals surface area contributed by atoms with E-state index in [9.17, 15) is 9.59 Å². The Hall–Kier alpha value is -2.28. The second-order valence-corrected chi connectivity index (χ2v) is 6.85. The molecular weight excluding hydrogens is 332 g/mol. The Morgan fingerprint density at radius 2 is 1.88 bits per heavy atom. The van der Waals surface area contributed by atoms with E-state index in [1.165, 1.54) is 12.8 Å². The smallest absolute Gasteiger partial charge is 0.411 e. The molecule has 2 atom stereocenters. The lowest BCUT2D eigenvalue weighted by Crippen LogP contribution is -2.47. The first-order valence-corrected chi connectivity index (χ1v) is 9.30. The van der Waals surface area contributed by atoms with E-state index >= 15 is 0 Å². The molecule has 0 bridgehead atoms. The minimum absolute atomic E-state index is 0.229. The van der Waals surface area contributed by atoms with Gasteiger partial charge in [0.25, 0.3) is 0 Å². The number of nitrogens with one attached hydrogen (secondary N) is 3. The molecular formula is C19H30N4O3. The maximum Gasteiger partial charge on any atom is 0.411 e. The van der Waals surface area contributed by atoms with Crippen LogP contribution in [0.3, 0.4) is 0 Å². The Morgan fingerprint density at radius 3 is 2.50 bits per heavy atom. The zero-order chi connectivity index (χ0) is 18.9. The van der Waals surface area contributed by atoms with Crippen molar-refractivity contribution in [2.45, 2.75) is 39.7 Å². The third kappa shape index (κ3) is 6.55. The van der Waals surface area contributed by atoms with Crippen LogP contribution in [0.2, 0.25) is 0 Å². The number of carbonyl (C=O) groups excluding carboxylic acids is 2. The van der Waals surface area contributed by atoms with E-state index in [1.54, 1.807) is 31.2 Å². The number of urea groups is 1. The highest BCUT2D eigenvalue weighted by Gasteiger charge is 2.21. The fraction of sp³-hybridized carbons (Fsp3) is 0.579. The number of benzene rings is 1. The minimum atomic E-state index is -0.494. The lowest BCUT2D eigenvalue weighted by molar-refractivity contribution is 0.138. The number of rotatable bonds is 6. The summed E-state index contributed by atoms with van der Waals surface area (Å²) in [5.74, 6) is 0.724. The van der Waals surface area contributed by atoms with Crippen LogP contribution < -0.4 is 16.0 Å². The van der Waals surface area contributed by atoms with Crippen LogP contribution in [-0.4, -0.2) is 49.3 Å². The van der Waals surface area contributed by atoms with E-state index in [-0.39, 0.29) is 6.03 Å². The standard InChI is InChI=1S/C19H30N4O3/c1-4-26-19(25)22-17-9-7-16(8-10-17)21-18(24)20-12-15(3)23-11-5-6-14(2)13-23/h7-10,14-15H,4-6,11-13H2,1-3H3,(H,22,25)(H2,20,21,24)/t14-,15+/m1/s1. The monoisotopic (exact) mass is 362 g/mol. The molecule has 0 spiro atoms. The number of likely N-dealkylation sites (tertiary alicyclic amines) is 1. The van der Waals surface area contributed by atoms with Crippen molar-refractivity contribution in [3.05, 3.63) is 24.3 Å². The van der Waals surface area contributed by atoms with Gasteiger partial charge in [-0.15, -0.1) is 0 Å². The van der Waals surface area contributed by atoms with E-state index in [2.05, 4.69) is 34.7 Å². The summed E-state index contributed by atoms with van der Waals surface area (Å²) >= 11 is 0. The molecule has 0 unspecified atom stereocenters. The molecule has 0 aliphatic carbocycles. The number of nitrogens with zero attached hydrogens (tertiary/aromatic N) is 1. The molecule has 0 saturated carbocycles. The van der Waals surface area contributed by atoms with Gasteiger partial charge in [0.1, 0.15) is 0 Å². The summed E-state index contributed by atoms with van der Waals surface area (Å²) in [6.45, 7) is 9.30. The first-order valence-electron chi connectivity index (χ1n) is 9.30. The van der Waals surface area contributed by atoms with Crippen molar-refractivity contribution in [1.29, 1.82) is 0 Å². The van der Waals surface area contributed by atoms with Crippen LogP contribution in [0, 0.1) is 5.92 Å². The molecule has 7 heteroatoms. The van der Waals surface area contributed by atoms with E-state index in [0.717, 1.165) is 19.0 Å². The topological polar surface area (TPSA) is 82.7 Å². The van der Waals surface area contributed by atoms with Crippen LogP contribution in [0.25, 0.3) is 0 Å². The van der Waals surface area contributed by atoms with Crippen molar-refractivity contribution < 1.29 is 14.3 Å². The summed E-state index contributed by atoms with van der Waals surface area (Å²) in [5, 5.41) is 8.34. The van der Waals surface area contributed by atoms with Crippen LogP contribution in [0.5, 0.6) is 0 Å². The highest BCUT2D eigenvalue weighted by atomic mass is 16.5. The molecule has 1 aromatic carbocycles. The van der Waals surface area contributed by atoms with Crippen molar-refractivity contribution in [2.75, 3.05) is 36.9 Å². The van der Waals surface area contributed by atoms with Crippen LogP contribution in [-0.2, 0) is 4.74 Å². The molecule has 1 aliphatic rings. The SMILES string of the molecule is CCOC(=O)Nc1ccc(NC(=O)NC[C@H](C)N2CCC[C@@H](C)C2)cc1. The fourth-order valence-corrected chi connectivity index (χ4v) is 3.09. The molecule has 3 amide bonds. The van der Waals surface area contributed by atoms with Crippen molar-refractivity contribution in [3.63, 3.8) is 0 Å². The van der Waals surface area contributed by atoms with Crippen molar-refractivity contribution in [1.82, 2.24) is 10.2 Å². The Balaban J connectivity index is 1.74. The summed E-state index contributed by atoms with van der Waals surface area (Å²) in [6, 6.07) is 6.98. The zero-order valence-corrected chi connectivity index (χ0v) is 15.9. The molecule has 1 saturated heterocycles. The number of amides is 3. The van der Waals surface area contributed by atoms with Gasteiger partial charge in [0.05, 0.1) is 6.61 Å². The summed E-state index contributed by atoms with van der Waals surface area (Å²) < 4.78 is 4.82. The molecule has 1 heterocycles. The Labute approximate surface area is 155 Å². The molecule has 0 aromatic heterocycles. The van der Waals surface area contributed by atoms with Gasteiger partial charge >= 0.3 is 12.1 Å². The van der Waals surface area contributed by atoms with Gasteiger partial charge in [0.2, 0.25) is 0 Å². The van der Waals surface area contributed by atoms with Gasteiger partial charge in [0, 0.05) is 30.5 Å². The number of carbonyl (C=O) groups is 2. The number of piperidine rings is 1. The number of hydrogen-bond donors (Lipinski definition) is 3. The van der Waals surface area contributed by atoms with Gasteiger partial charge in [-0.2, -0.15) is 0 Å². The van der Waals surface area contributed by atoms with Crippen molar-refractivity contribution in [2.24, 2.45) is 5.92 Å². The third-order valence-corrected chi connectivity index (χ3v) is 4.53. The summed E-state index contributed by atoms with van der Waals surface area (Å²) in [4.78, 5) is 25.9. The third-order valence-electron chi connectivity index (χ3n) is 4.53. The molecule has 1 aromatic rings. The first kappa shape index (κ1) is 20.0. The Morgan fingerprint density at radius 1 is 1.23 bits per heavy atom. The normalized spacial score (nSPS) is 18.7. The van der Waals surface area contributed by atoms with Gasteiger partial charge in [-0.25, -0.2) is 9.59 Å². The highest BCUT2D eigenvalue weighted by molar-refractivity contribution is 5.90. The van der Waals surface area contributed by atoms with Crippen LogP contribution in [0.15, 0.2) is 24.3 Å². The molecule has 2 rings (SSSR count). The summed E-state index contributed by atoms with van der Waals surface area (Å²) in [6.07, 6.45) is 2.02. The van der Waals surface area contributed by atoms with Crippen molar-refractivity contribution in [3.8, 4) is 0 Å². The average Bonchev–Trinajstić information content (AvgIpc) is 2.61. The van der Waals surface area contributed by atoms with Crippen LogP contribution >= 0.6 is 0 Å². The van der Waals surface area contributed by atoms with Gasteiger partial charge in [0.15, 0.2) is 0 Å². The number of anilines is 2. The van der Waals surface area contributed by atoms with Gasteiger partial charge in [-0.1, -0.05) is 6.92 Å². The Kier molecular flexibility index (Phi) is 7.72. The number of hydrogen-bond acceptors (Lipinski definition) is 4. The van der Waals surface area contributed by atoms with Gasteiger partial charge in [-0.3, -0.25) is 10.2 Å². The summed E-state index contributed by atoms with van der Waals surface area (Å²) in [7, 11) is 0. The van der Waals surface area contributed by atoms with E-state index in [1.807, 2.05) is 0 Å². The van der Waals surface area contributed by atoms with Crippen LogP contribution in [0.1, 0.15) is 33.6 Å². The Bertz CT molecular complexity index is 591. The second-order valence-electron chi connectivity index (χ2n) is 6.85. The van der Waals surface area contributed by atoms with Gasteiger partial charge < -0.3 is 15.4 Å². The minimum Gasteiger partial charge on any atom is -0.450 e. The molecule has 1 aliphatic heterocycles. The lowest BCUT2D eigenvalue weighted by atomic mass is 9.99. The maximum absolute atomic E-state index is 12.1. The molecule has 1 fully saturated rings. The zero-order valence-electron chi connectivity index (χ0n) is 15.9. The predicted molar refractivity (Wildman–Crippen MR) is 104 cm³/mol. The highest BCUT2D eigenvalue weighted by Crippen LogP contribution is 2.17. The summed E-state index contributed by atoms with van der Waals surface area (Å²) in [5.41, 5.74) is 1.28. The number of ether oxygens (including phenoxy) is 1. The molecule has 0 radical (unpaired) electrons. The molecule has 144 valence electrons. The second kappa shape index (κ2) is 10.0. The predicted octanol–water partition coefficient (Wildman–Crippen LogP) is 3.50. The largest absolute Gasteiger partial charge is 0.450 e. The molecule has 3 N–H and O–H groups in total. The van der Waals surface area contributed by atoms with E-state index < -0.39 is 6.09 Å². The van der Waals surface area contributed by atoms with E-state index in [0.29, 0.717) is 30.6 Å². The quantitative estimate of drug-likeness (QED) is 0.723. The van der Waals surface area contributed by atoms with Crippen LogP contribution in [0.4, 0.5) is 21.0 Å². The fourth-order valence-electron chi connectivity index (χ4n) is 3.09. The first-order chi connectivity index (χ1) is 12.5. The van der Waals surface area contributed by atoms with Gasteiger partial charge in [-0.05, 0) is 63.4 Å².